The van der Waals surface area contributed by atoms with E-state index in [0.717, 1.165) is 22.3 Å². The van der Waals surface area contributed by atoms with Crippen molar-refractivity contribution < 1.29 is 23.7 Å². The maximum absolute atomic E-state index is 12.6. The minimum absolute atomic E-state index is 0.136. The smallest absolute Gasteiger partial charge is 0.231 e. The lowest BCUT2D eigenvalue weighted by Gasteiger charge is -2.18. The van der Waals surface area contributed by atoms with Crippen LogP contribution in [-0.4, -0.2) is 26.9 Å². The van der Waals surface area contributed by atoms with Gasteiger partial charge in [-0.15, -0.1) is 0 Å². The summed E-state index contributed by atoms with van der Waals surface area (Å²) < 4.78 is 22.1. The molecular weight excluding hydrogens is 362 g/mol. The van der Waals surface area contributed by atoms with E-state index in [-0.39, 0.29) is 29.9 Å². The minimum atomic E-state index is -0.314. The quantitative estimate of drug-likeness (QED) is 0.877. The minimum Gasteiger partial charge on any atom is -0.493 e. The Hall–Kier alpha value is -3.22. The van der Waals surface area contributed by atoms with E-state index in [0.29, 0.717) is 30.1 Å². The van der Waals surface area contributed by atoms with Gasteiger partial charge in [0.1, 0.15) is 0 Å². The summed E-state index contributed by atoms with van der Waals surface area (Å²) in [5, 5.41) is 2.96. The van der Waals surface area contributed by atoms with Crippen LogP contribution in [0.3, 0.4) is 0 Å². The zero-order valence-corrected chi connectivity index (χ0v) is 16.0. The van der Waals surface area contributed by atoms with Crippen molar-refractivity contribution in [1.29, 1.82) is 0 Å². The number of carbonyl (C=O) groups is 1. The van der Waals surface area contributed by atoms with E-state index >= 15 is 0 Å². The summed E-state index contributed by atoms with van der Waals surface area (Å²) in [6.45, 7) is 1.60. The summed E-state index contributed by atoms with van der Waals surface area (Å²) in [7, 11) is 3.04. The van der Waals surface area contributed by atoms with Crippen molar-refractivity contribution in [2.24, 2.45) is 0 Å². The predicted octanol–water partition coefficient (Wildman–Crippen LogP) is 2.58. The number of amides is 1. The molecule has 2 aliphatic rings. The molecule has 7 nitrogen and oxygen atoms in total. The zero-order valence-electron chi connectivity index (χ0n) is 16.0. The Morgan fingerprint density at radius 1 is 1.18 bits per heavy atom. The Bertz CT molecular complexity index is 1020. The highest BCUT2D eigenvalue weighted by Crippen LogP contribution is 2.51. The summed E-state index contributed by atoms with van der Waals surface area (Å²) in [5.41, 5.74) is 3.11. The van der Waals surface area contributed by atoms with Gasteiger partial charge in [0.05, 0.1) is 20.3 Å². The largest absolute Gasteiger partial charge is 0.493 e. The second-order valence-corrected chi connectivity index (χ2v) is 6.75. The molecule has 0 aromatic heterocycles. The lowest BCUT2D eigenvalue weighted by Crippen LogP contribution is -2.26. The number of rotatable bonds is 3. The third kappa shape index (κ3) is 2.93. The molecule has 0 saturated heterocycles. The molecule has 2 aromatic rings. The van der Waals surface area contributed by atoms with Crippen molar-refractivity contribution in [2.75, 3.05) is 21.0 Å². The number of fused-ring (bicyclic) bond motifs is 4. The van der Waals surface area contributed by atoms with Gasteiger partial charge >= 0.3 is 0 Å². The van der Waals surface area contributed by atoms with Crippen molar-refractivity contribution in [3.8, 4) is 34.1 Å². The fourth-order valence-corrected chi connectivity index (χ4v) is 3.91. The van der Waals surface area contributed by atoms with Gasteiger partial charge in [0.25, 0.3) is 0 Å². The van der Waals surface area contributed by atoms with Gasteiger partial charge in [0.15, 0.2) is 17.2 Å². The van der Waals surface area contributed by atoms with E-state index in [1.165, 1.54) is 20.1 Å². The van der Waals surface area contributed by atoms with Crippen molar-refractivity contribution >= 4 is 5.91 Å². The summed E-state index contributed by atoms with van der Waals surface area (Å²) in [5.74, 6) is 1.82. The van der Waals surface area contributed by atoms with Gasteiger partial charge < -0.3 is 24.3 Å². The molecule has 1 amide bonds. The summed E-state index contributed by atoms with van der Waals surface area (Å²) in [4.78, 5) is 24.4. The van der Waals surface area contributed by atoms with E-state index in [4.69, 9.17) is 18.9 Å². The van der Waals surface area contributed by atoms with Crippen LogP contribution in [0.15, 0.2) is 29.1 Å². The lowest BCUT2D eigenvalue weighted by molar-refractivity contribution is -0.119. The first kappa shape index (κ1) is 18.2. The zero-order chi connectivity index (χ0) is 19.8. The van der Waals surface area contributed by atoms with Crippen LogP contribution in [0.2, 0.25) is 0 Å². The number of ether oxygens (including phenoxy) is 4. The molecule has 1 aliphatic carbocycles. The van der Waals surface area contributed by atoms with E-state index in [1.807, 2.05) is 12.1 Å². The van der Waals surface area contributed by atoms with E-state index < -0.39 is 0 Å². The molecule has 146 valence electrons. The molecule has 0 unspecified atom stereocenters. The normalized spacial score (nSPS) is 16.5. The Morgan fingerprint density at radius 3 is 2.71 bits per heavy atom. The van der Waals surface area contributed by atoms with Crippen molar-refractivity contribution in [2.45, 2.75) is 25.8 Å². The van der Waals surface area contributed by atoms with Crippen LogP contribution in [0.4, 0.5) is 0 Å². The first-order valence-corrected chi connectivity index (χ1v) is 9.02. The maximum atomic E-state index is 12.6. The molecule has 1 N–H and O–H groups in total. The molecule has 1 aliphatic heterocycles. The predicted molar refractivity (Wildman–Crippen MR) is 102 cm³/mol. The van der Waals surface area contributed by atoms with E-state index in [2.05, 4.69) is 5.32 Å². The fourth-order valence-electron chi connectivity index (χ4n) is 3.91. The molecule has 0 radical (unpaired) electrons. The van der Waals surface area contributed by atoms with Crippen molar-refractivity contribution in [1.82, 2.24) is 5.32 Å². The molecule has 0 spiro atoms. The molecule has 0 saturated carbocycles. The summed E-state index contributed by atoms with van der Waals surface area (Å²) in [6.07, 6.45) is 1.31. The van der Waals surface area contributed by atoms with Crippen LogP contribution in [0, 0.1) is 0 Å². The van der Waals surface area contributed by atoms with Gasteiger partial charge in [-0.25, -0.2) is 0 Å². The molecule has 2 aromatic carbocycles. The number of hydrogen-bond donors (Lipinski definition) is 1. The number of methoxy groups -OCH3 is 2. The van der Waals surface area contributed by atoms with Crippen molar-refractivity contribution in [3.05, 3.63) is 45.6 Å². The van der Waals surface area contributed by atoms with Crippen LogP contribution in [0.1, 0.15) is 30.5 Å². The van der Waals surface area contributed by atoms with Gasteiger partial charge in [0, 0.05) is 12.5 Å². The average Bonchev–Trinajstić information content (AvgIpc) is 3.01. The Kier molecular flexibility index (Phi) is 4.58. The Labute approximate surface area is 162 Å². The third-order valence-corrected chi connectivity index (χ3v) is 5.09. The topological polar surface area (TPSA) is 83.1 Å². The average molecular weight is 383 g/mol. The first-order valence-electron chi connectivity index (χ1n) is 9.02. The van der Waals surface area contributed by atoms with Crippen LogP contribution in [-0.2, 0) is 11.2 Å². The molecule has 1 atom stereocenters. The summed E-state index contributed by atoms with van der Waals surface area (Å²) >= 11 is 0. The van der Waals surface area contributed by atoms with Crippen LogP contribution >= 0.6 is 0 Å². The van der Waals surface area contributed by atoms with Gasteiger partial charge in [0.2, 0.25) is 23.9 Å². The Morgan fingerprint density at radius 2 is 2.00 bits per heavy atom. The first-order chi connectivity index (χ1) is 13.5. The summed E-state index contributed by atoms with van der Waals surface area (Å²) in [6, 6.07) is 6.65. The molecule has 1 heterocycles. The van der Waals surface area contributed by atoms with Gasteiger partial charge in [-0.05, 0) is 47.7 Å². The molecule has 28 heavy (non-hydrogen) atoms. The van der Waals surface area contributed by atoms with Crippen LogP contribution < -0.4 is 29.7 Å². The van der Waals surface area contributed by atoms with Crippen molar-refractivity contribution in [3.63, 3.8) is 0 Å². The highest BCUT2D eigenvalue weighted by molar-refractivity contribution is 5.83. The van der Waals surface area contributed by atoms with E-state index in [9.17, 15) is 9.59 Å². The molecule has 0 fully saturated rings. The molecular formula is C21H21NO6. The molecule has 7 heteroatoms. The standard InChI is InChI=1S/C21H21NO6/c1-11(23)22-15-6-4-12-8-18-20(28-10-27-18)21(26-3)19(12)13-5-7-17(25-2)16(24)9-14(13)15/h5,7-9,15H,4,6,10H2,1-3H3,(H,22,23)/t15-/m1/s1. The molecule has 0 bridgehead atoms. The SMILES string of the molecule is COc1c2c(cc3c1-c1ccc(OC)c(=O)cc1[C@H](NC(C)=O)CC3)OCO2. The second-order valence-electron chi connectivity index (χ2n) is 6.75. The number of benzene rings is 1. The second kappa shape index (κ2) is 7.07. The molecule has 4 rings (SSSR count). The van der Waals surface area contributed by atoms with Gasteiger partial charge in [-0.3, -0.25) is 9.59 Å². The number of aryl methyl sites for hydroxylation is 1. The number of nitrogens with one attached hydrogen (secondary N) is 1. The number of hydrogen-bond acceptors (Lipinski definition) is 6. The van der Waals surface area contributed by atoms with Crippen LogP contribution in [0.25, 0.3) is 11.1 Å². The van der Waals surface area contributed by atoms with Gasteiger partial charge in [-0.1, -0.05) is 6.07 Å². The maximum Gasteiger partial charge on any atom is 0.231 e. The monoisotopic (exact) mass is 383 g/mol. The lowest BCUT2D eigenvalue weighted by atomic mass is 9.95. The Balaban J connectivity index is 2.05. The number of carbonyl (C=O) groups excluding carboxylic acids is 1. The third-order valence-electron chi connectivity index (χ3n) is 5.09. The fraction of sp³-hybridized carbons (Fsp3) is 0.333. The highest BCUT2D eigenvalue weighted by Gasteiger charge is 2.31. The van der Waals surface area contributed by atoms with Crippen LogP contribution in [0.5, 0.6) is 23.0 Å². The van der Waals surface area contributed by atoms with E-state index in [1.54, 1.807) is 13.2 Å². The highest BCUT2D eigenvalue weighted by atomic mass is 16.7. The van der Waals surface area contributed by atoms with Gasteiger partial charge in [-0.2, -0.15) is 0 Å².